The molecule has 1 unspecified atom stereocenters. The quantitative estimate of drug-likeness (QED) is 0.198. The fraction of sp³-hybridized carbons (Fsp3) is 0.625. The first-order valence-corrected chi connectivity index (χ1v) is 14.8. The summed E-state index contributed by atoms with van der Waals surface area (Å²) in [5, 5.41) is 18.1. The second kappa shape index (κ2) is 13.8. The Labute approximate surface area is 232 Å². The van der Waals surface area contributed by atoms with E-state index in [1.54, 1.807) is 12.1 Å². The van der Waals surface area contributed by atoms with Crippen molar-refractivity contribution in [3.8, 4) is 0 Å². The lowest BCUT2D eigenvalue weighted by Crippen LogP contribution is -2.55. The summed E-state index contributed by atoms with van der Waals surface area (Å²) in [6, 6.07) is 4.54. The zero-order valence-electron chi connectivity index (χ0n) is 21.7. The van der Waals surface area contributed by atoms with Gasteiger partial charge in [-0.25, -0.2) is 13.2 Å². The lowest BCUT2D eigenvalue weighted by molar-refractivity contribution is -0.126. The number of aliphatic hydroxyl groups excluding tert-OH is 1. The minimum Gasteiger partial charge on any atom is -0.746 e. The molecule has 214 valence electrons. The van der Waals surface area contributed by atoms with Crippen molar-refractivity contribution in [1.82, 2.24) is 16.0 Å². The highest BCUT2D eigenvalue weighted by Gasteiger charge is 2.35. The summed E-state index contributed by atoms with van der Waals surface area (Å²) >= 11 is 7.48. The largest absolute Gasteiger partial charge is 0.746 e. The Balaban J connectivity index is 2.06. The number of nitrogens with one attached hydrogen (secondary N) is 3. The molecule has 4 atom stereocenters. The minimum absolute atomic E-state index is 0.00140. The van der Waals surface area contributed by atoms with Crippen molar-refractivity contribution >= 4 is 51.4 Å². The summed E-state index contributed by atoms with van der Waals surface area (Å²) in [7, 11) is -5.20. The number of aliphatic hydroxyl groups is 1. The van der Waals surface area contributed by atoms with E-state index in [0.717, 1.165) is 4.90 Å². The SMILES string of the molecule is CC(C)C[C@H](NC(=O)OCC(C)(C)Sc1cccc(Cl)c1)C(=O)N[C@@H](C[C@@H]1CCNC1=O)C(O)S(=O)(=O)[O-]. The average molecular weight is 593 g/mol. The normalized spacial score (nSPS) is 18.4. The van der Waals surface area contributed by atoms with Crippen LogP contribution in [0.3, 0.4) is 0 Å². The van der Waals surface area contributed by atoms with Crippen LogP contribution in [0.4, 0.5) is 4.79 Å². The van der Waals surface area contributed by atoms with E-state index in [1.807, 2.05) is 39.8 Å². The molecule has 11 nitrogen and oxygen atoms in total. The van der Waals surface area contributed by atoms with Crippen molar-refractivity contribution in [1.29, 1.82) is 0 Å². The first-order valence-electron chi connectivity index (χ1n) is 12.2. The van der Waals surface area contributed by atoms with Crippen molar-refractivity contribution in [2.45, 2.75) is 74.1 Å². The van der Waals surface area contributed by atoms with Gasteiger partial charge in [0.2, 0.25) is 11.8 Å². The van der Waals surface area contributed by atoms with Gasteiger partial charge in [-0.2, -0.15) is 0 Å². The van der Waals surface area contributed by atoms with E-state index in [4.69, 9.17) is 16.3 Å². The Morgan fingerprint density at radius 3 is 2.55 bits per heavy atom. The zero-order valence-corrected chi connectivity index (χ0v) is 24.1. The Hall–Kier alpha value is -2.06. The van der Waals surface area contributed by atoms with Gasteiger partial charge in [0.05, 0.1) is 6.04 Å². The van der Waals surface area contributed by atoms with E-state index in [1.165, 1.54) is 11.8 Å². The molecule has 0 saturated carbocycles. The van der Waals surface area contributed by atoms with Crippen LogP contribution in [0.2, 0.25) is 5.02 Å². The summed E-state index contributed by atoms with van der Waals surface area (Å²) in [4.78, 5) is 38.5. The van der Waals surface area contributed by atoms with Crippen molar-refractivity contribution in [2.75, 3.05) is 13.2 Å². The topological polar surface area (TPSA) is 174 Å². The number of amides is 3. The van der Waals surface area contributed by atoms with E-state index >= 15 is 0 Å². The second-order valence-corrected chi connectivity index (χ2v) is 13.9. The van der Waals surface area contributed by atoms with E-state index in [-0.39, 0.29) is 31.3 Å². The number of ether oxygens (including phenoxy) is 1. The van der Waals surface area contributed by atoms with Crippen LogP contribution in [-0.4, -0.2) is 71.4 Å². The predicted molar refractivity (Wildman–Crippen MR) is 142 cm³/mol. The Morgan fingerprint density at radius 2 is 2.00 bits per heavy atom. The van der Waals surface area contributed by atoms with Crippen LogP contribution in [0.25, 0.3) is 0 Å². The highest BCUT2D eigenvalue weighted by molar-refractivity contribution is 8.00. The van der Waals surface area contributed by atoms with Crippen LogP contribution in [0.5, 0.6) is 0 Å². The number of hydrogen-bond acceptors (Lipinski definition) is 9. The summed E-state index contributed by atoms with van der Waals surface area (Å²) in [5.74, 6) is -1.92. The summed E-state index contributed by atoms with van der Waals surface area (Å²) in [6.45, 7) is 7.74. The van der Waals surface area contributed by atoms with Crippen LogP contribution >= 0.6 is 23.4 Å². The summed E-state index contributed by atoms with van der Waals surface area (Å²) < 4.78 is 39.4. The lowest BCUT2D eigenvalue weighted by Gasteiger charge is -2.30. The van der Waals surface area contributed by atoms with Gasteiger partial charge in [-0.1, -0.05) is 31.5 Å². The molecule has 1 aromatic rings. The third-order valence-corrected chi connectivity index (χ3v) is 8.04. The number of benzene rings is 1. The molecule has 1 saturated heterocycles. The molecule has 0 aliphatic carbocycles. The molecule has 1 aliphatic heterocycles. The highest BCUT2D eigenvalue weighted by Crippen LogP contribution is 2.33. The van der Waals surface area contributed by atoms with Crippen LogP contribution in [0.15, 0.2) is 29.2 Å². The molecule has 0 bridgehead atoms. The molecule has 0 aromatic heterocycles. The summed E-state index contributed by atoms with van der Waals surface area (Å²) in [6.07, 6.45) is -0.596. The lowest BCUT2D eigenvalue weighted by atomic mass is 9.97. The molecule has 1 fully saturated rings. The molecule has 1 heterocycles. The van der Waals surface area contributed by atoms with Gasteiger partial charge in [0.15, 0.2) is 5.44 Å². The second-order valence-electron chi connectivity index (χ2n) is 10.2. The first-order chi connectivity index (χ1) is 17.6. The van der Waals surface area contributed by atoms with Crippen molar-refractivity contribution < 1.29 is 37.2 Å². The van der Waals surface area contributed by atoms with Crippen LogP contribution in [-0.2, 0) is 24.4 Å². The number of thioether (sulfide) groups is 1. The maximum Gasteiger partial charge on any atom is 0.407 e. The van der Waals surface area contributed by atoms with Gasteiger partial charge < -0.3 is 30.3 Å². The molecule has 14 heteroatoms. The first kappa shape index (κ1) is 32.2. The number of alkyl carbamates (subject to hydrolysis) is 1. The van der Waals surface area contributed by atoms with Crippen molar-refractivity contribution in [3.63, 3.8) is 0 Å². The Bertz CT molecular complexity index is 1100. The van der Waals surface area contributed by atoms with Gasteiger partial charge in [-0.15, -0.1) is 11.8 Å². The molecular weight excluding hydrogens is 558 g/mol. The van der Waals surface area contributed by atoms with Crippen molar-refractivity contribution in [3.05, 3.63) is 29.3 Å². The molecule has 38 heavy (non-hydrogen) atoms. The molecule has 2 rings (SSSR count). The van der Waals surface area contributed by atoms with E-state index in [2.05, 4.69) is 16.0 Å². The average Bonchev–Trinajstić information content (AvgIpc) is 3.19. The number of carbonyl (C=O) groups is 3. The van der Waals surface area contributed by atoms with Crippen molar-refractivity contribution in [2.24, 2.45) is 11.8 Å². The van der Waals surface area contributed by atoms with Crippen LogP contribution < -0.4 is 16.0 Å². The minimum atomic E-state index is -5.20. The van der Waals surface area contributed by atoms with Crippen LogP contribution in [0.1, 0.15) is 47.0 Å². The van der Waals surface area contributed by atoms with Gasteiger partial charge in [-0.05, 0) is 57.2 Å². The predicted octanol–water partition coefficient (Wildman–Crippen LogP) is 2.23. The molecule has 1 aliphatic rings. The van der Waals surface area contributed by atoms with E-state index in [0.29, 0.717) is 18.0 Å². The smallest absolute Gasteiger partial charge is 0.407 e. The number of carbonyl (C=O) groups excluding carboxylic acids is 3. The molecule has 3 amide bonds. The molecule has 1 aromatic carbocycles. The van der Waals surface area contributed by atoms with Crippen LogP contribution in [0, 0.1) is 11.8 Å². The Kier molecular flexibility index (Phi) is 11.7. The van der Waals surface area contributed by atoms with E-state index < -0.39 is 50.3 Å². The third-order valence-electron chi connectivity index (χ3n) is 5.73. The maximum absolute atomic E-state index is 13.1. The fourth-order valence-corrected chi connectivity index (χ4v) is 5.84. The van der Waals surface area contributed by atoms with Gasteiger partial charge in [-0.3, -0.25) is 9.59 Å². The maximum atomic E-state index is 13.1. The molecular formula is C24H35ClN3O8S2-. The Morgan fingerprint density at radius 1 is 1.32 bits per heavy atom. The van der Waals surface area contributed by atoms with E-state index in [9.17, 15) is 32.5 Å². The third kappa shape index (κ3) is 10.6. The molecule has 0 spiro atoms. The number of rotatable bonds is 13. The standard InChI is InChI=1S/C24H36ClN3O8S2/c1-14(2)10-18(28-23(32)36-13-24(3,4)37-17-7-5-6-16(25)12-17)21(30)27-19(22(31)38(33,34)35)11-15-8-9-26-20(15)29/h5-7,12,14-15,18-19,22,31H,8-11,13H2,1-4H3,(H,26,29)(H,27,30)(H,28,32)(H,33,34,35)/p-1/t15-,18-,19-,22?/m0/s1. The molecule has 4 N–H and O–H groups in total. The molecule has 0 radical (unpaired) electrons. The van der Waals surface area contributed by atoms with Gasteiger partial charge in [0, 0.05) is 27.1 Å². The fourth-order valence-electron chi connectivity index (χ4n) is 3.91. The van der Waals surface area contributed by atoms with Gasteiger partial charge >= 0.3 is 6.09 Å². The van der Waals surface area contributed by atoms with Gasteiger partial charge in [0.1, 0.15) is 22.8 Å². The zero-order chi connectivity index (χ0) is 28.7. The number of halogens is 1. The monoisotopic (exact) mass is 592 g/mol. The highest BCUT2D eigenvalue weighted by atomic mass is 35.5. The van der Waals surface area contributed by atoms with Gasteiger partial charge in [0.25, 0.3) is 0 Å². The number of hydrogen-bond donors (Lipinski definition) is 4. The summed E-state index contributed by atoms with van der Waals surface area (Å²) in [5.41, 5.74) is -2.46.